The van der Waals surface area contributed by atoms with Gasteiger partial charge >= 0.3 is 0 Å². The minimum atomic E-state index is -0.232. The van der Waals surface area contributed by atoms with E-state index in [1.165, 1.54) is 0 Å². The van der Waals surface area contributed by atoms with Gasteiger partial charge in [-0.3, -0.25) is 9.59 Å². The molecule has 0 spiro atoms. The lowest BCUT2D eigenvalue weighted by Crippen LogP contribution is -2.44. The number of benzene rings is 1. The van der Waals surface area contributed by atoms with E-state index < -0.39 is 0 Å². The maximum Gasteiger partial charge on any atom is 0.286 e. The second-order valence-electron chi connectivity index (χ2n) is 5.64. The first-order valence-corrected chi connectivity index (χ1v) is 7.54. The van der Waals surface area contributed by atoms with Crippen LogP contribution in [0, 0.1) is 20.8 Å². The smallest absolute Gasteiger partial charge is 0.286 e. The summed E-state index contributed by atoms with van der Waals surface area (Å²) in [6, 6.07) is 9.69. The Kier molecular flexibility index (Phi) is 5.46. The first-order valence-electron chi connectivity index (χ1n) is 7.54. The van der Waals surface area contributed by atoms with Crippen molar-refractivity contribution in [1.29, 1.82) is 0 Å². The van der Waals surface area contributed by atoms with E-state index in [0.29, 0.717) is 0 Å². The predicted molar refractivity (Wildman–Crippen MR) is 88.9 cm³/mol. The highest BCUT2D eigenvalue weighted by molar-refractivity contribution is 5.95. The van der Waals surface area contributed by atoms with Crippen LogP contribution in [0.2, 0.25) is 0 Å². The van der Waals surface area contributed by atoms with Gasteiger partial charge in [-0.25, -0.2) is 0 Å². The summed E-state index contributed by atoms with van der Waals surface area (Å²) in [5.41, 5.74) is 3.94. The molecule has 2 aromatic rings. The lowest BCUT2D eigenvalue weighted by molar-refractivity contribution is -0.684. The summed E-state index contributed by atoms with van der Waals surface area (Å²) >= 11 is 0. The van der Waals surface area contributed by atoms with Crippen LogP contribution in [0.4, 0.5) is 5.69 Å². The van der Waals surface area contributed by atoms with E-state index in [1.807, 2.05) is 63.5 Å². The number of pyridine rings is 1. The zero-order chi connectivity index (χ0) is 16.8. The van der Waals surface area contributed by atoms with Gasteiger partial charge in [0.1, 0.15) is 0 Å². The molecule has 120 valence electrons. The van der Waals surface area contributed by atoms with Crippen LogP contribution < -0.4 is 15.2 Å². The minimum absolute atomic E-state index is 0.0426. The molecule has 0 aliphatic rings. The molecule has 2 amide bonds. The molecule has 0 aliphatic heterocycles. The SMILES string of the molecule is Cc1cc[n+](CC(=O)NCC(=O)Nc2c(C)cccc2C)cc1. The van der Waals surface area contributed by atoms with Gasteiger partial charge in [-0.15, -0.1) is 0 Å². The lowest BCUT2D eigenvalue weighted by atomic mass is 10.1. The van der Waals surface area contributed by atoms with Crippen molar-refractivity contribution in [2.24, 2.45) is 0 Å². The first-order chi connectivity index (χ1) is 11.0. The number of nitrogens with one attached hydrogen (secondary N) is 2. The molecule has 0 atom stereocenters. The van der Waals surface area contributed by atoms with E-state index in [-0.39, 0.29) is 24.9 Å². The van der Waals surface area contributed by atoms with E-state index >= 15 is 0 Å². The Hall–Kier alpha value is -2.69. The molecule has 5 nitrogen and oxygen atoms in total. The van der Waals surface area contributed by atoms with Crippen molar-refractivity contribution in [2.75, 3.05) is 11.9 Å². The highest BCUT2D eigenvalue weighted by atomic mass is 16.2. The number of rotatable bonds is 5. The number of hydrogen-bond acceptors (Lipinski definition) is 2. The Bertz CT molecular complexity index is 688. The number of amides is 2. The van der Waals surface area contributed by atoms with Crippen molar-refractivity contribution in [2.45, 2.75) is 27.3 Å². The van der Waals surface area contributed by atoms with Crippen LogP contribution in [-0.2, 0) is 16.1 Å². The second-order valence-corrected chi connectivity index (χ2v) is 5.64. The van der Waals surface area contributed by atoms with E-state index in [2.05, 4.69) is 10.6 Å². The predicted octanol–water partition coefficient (Wildman–Crippen LogP) is 1.65. The second kappa shape index (κ2) is 7.54. The lowest BCUT2D eigenvalue weighted by Gasteiger charge is -2.11. The Morgan fingerprint density at radius 2 is 1.57 bits per heavy atom. The fraction of sp³-hybridized carbons (Fsp3) is 0.278. The number of anilines is 1. The van der Waals surface area contributed by atoms with Gasteiger partial charge in [0.15, 0.2) is 12.4 Å². The minimum Gasteiger partial charge on any atom is -0.342 e. The summed E-state index contributed by atoms with van der Waals surface area (Å²) in [5.74, 6) is -0.430. The fourth-order valence-corrected chi connectivity index (χ4v) is 2.23. The number of hydrogen-bond donors (Lipinski definition) is 2. The van der Waals surface area contributed by atoms with E-state index in [9.17, 15) is 9.59 Å². The topological polar surface area (TPSA) is 62.1 Å². The largest absolute Gasteiger partial charge is 0.342 e. The molecule has 0 saturated carbocycles. The summed E-state index contributed by atoms with van der Waals surface area (Å²) in [6.45, 7) is 6.02. The molecule has 2 N–H and O–H groups in total. The number of aryl methyl sites for hydroxylation is 3. The van der Waals surface area contributed by atoms with Crippen LogP contribution in [0.15, 0.2) is 42.7 Å². The molecule has 23 heavy (non-hydrogen) atoms. The van der Waals surface area contributed by atoms with Crippen molar-refractivity contribution in [3.8, 4) is 0 Å². The Morgan fingerprint density at radius 1 is 0.957 bits per heavy atom. The third-order valence-electron chi connectivity index (χ3n) is 3.58. The van der Waals surface area contributed by atoms with Crippen LogP contribution in [0.1, 0.15) is 16.7 Å². The van der Waals surface area contributed by atoms with Crippen molar-refractivity contribution in [3.63, 3.8) is 0 Å². The molecule has 1 aromatic carbocycles. The average Bonchev–Trinajstić information content (AvgIpc) is 2.51. The average molecular weight is 312 g/mol. The van der Waals surface area contributed by atoms with Crippen molar-refractivity contribution >= 4 is 17.5 Å². The number of aromatic nitrogens is 1. The van der Waals surface area contributed by atoms with Gasteiger partial charge in [-0.05, 0) is 37.5 Å². The molecule has 0 radical (unpaired) electrons. The molecule has 0 bridgehead atoms. The quantitative estimate of drug-likeness (QED) is 0.825. The zero-order valence-corrected chi connectivity index (χ0v) is 13.7. The maximum atomic E-state index is 12.0. The van der Waals surface area contributed by atoms with E-state index in [1.54, 1.807) is 4.57 Å². The van der Waals surface area contributed by atoms with Crippen molar-refractivity contribution < 1.29 is 14.2 Å². The number of carbonyl (C=O) groups excluding carboxylic acids is 2. The Labute approximate surface area is 136 Å². The molecule has 0 saturated heterocycles. The summed E-state index contributed by atoms with van der Waals surface area (Å²) in [7, 11) is 0. The standard InChI is InChI=1S/C18H21N3O2/c1-13-7-9-21(10-8-13)12-17(23)19-11-16(22)20-18-14(2)5-4-6-15(18)3/h4-10H,11-12H2,1-3H3,(H-,19,20,22,23)/p+1. The number of para-hydroxylation sites is 1. The molecular formula is C18H22N3O2+. The zero-order valence-electron chi connectivity index (χ0n) is 13.7. The molecule has 0 unspecified atom stereocenters. The van der Waals surface area contributed by atoms with Gasteiger partial charge in [0.05, 0.1) is 6.54 Å². The van der Waals surface area contributed by atoms with Gasteiger partial charge in [-0.2, -0.15) is 4.57 Å². The van der Waals surface area contributed by atoms with Crippen molar-refractivity contribution in [1.82, 2.24) is 5.32 Å². The third-order valence-corrected chi connectivity index (χ3v) is 3.58. The Balaban J connectivity index is 1.84. The van der Waals surface area contributed by atoms with Crippen LogP contribution in [0.5, 0.6) is 0 Å². The van der Waals surface area contributed by atoms with Gasteiger partial charge < -0.3 is 10.6 Å². The monoisotopic (exact) mass is 312 g/mol. The van der Waals surface area contributed by atoms with Gasteiger partial charge in [0.2, 0.25) is 12.5 Å². The highest BCUT2D eigenvalue weighted by Gasteiger charge is 2.12. The number of carbonyl (C=O) groups is 2. The molecule has 5 heteroatoms. The van der Waals surface area contributed by atoms with Crippen LogP contribution in [0.3, 0.4) is 0 Å². The summed E-state index contributed by atoms with van der Waals surface area (Å²) in [5, 5.41) is 5.48. The summed E-state index contributed by atoms with van der Waals surface area (Å²) < 4.78 is 1.77. The Morgan fingerprint density at radius 3 is 2.17 bits per heavy atom. The molecule has 0 fully saturated rings. The van der Waals surface area contributed by atoms with Crippen LogP contribution >= 0.6 is 0 Å². The van der Waals surface area contributed by atoms with Gasteiger partial charge in [0, 0.05) is 17.8 Å². The molecule has 1 heterocycles. The molecule has 2 rings (SSSR count). The van der Waals surface area contributed by atoms with Gasteiger partial charge in [-0.1, -0.05) is 18.2 Å². The molecule has 1 aromatic heterocycles. The maximum absolute atomic E-state index is 12.0. The normalized spacial score (nSPS) is 10.2. The third kappa shape index (κ3) is 4.92. The summed E-state index contributed by atoms with van der Waals surface area (Å²) in [4.78, 5) is 23.9. The first kappa shape index (κ1) is 16.7. The molecular weight excluding hydrogens is 290 g/mol. The van der Waals surface area contributed by atoms with E-state index in [4.69, 9.17) is 0 Å². The highest BCUT2D eigenvalue weighted by Crippen LogP contribution is 2.18. The van der Waals surface area contributed by atoms with Crippen LogP contribution in [0.25, 0.3) is 0 Å². The molecule has 0 aliphatic carbocycles. The van der Waals surface area contributed by atoms with Crippen LogP contribution in [-0.4, -0.2) is 18.4 Å². The fourth-order valence-electron chi connectivity index (χ4n) is 2.23. The van der Waals surface area contributed by atoms with Crippen molar-refractivity contribution in [3.05, 3.63) is 59.4 Å². The van der Waals surface area contributed by atoms with E-state index in [0.717, 1.165) is 22.4 Å². The summed E-state index contributed by atoms with van der Waals surface area (Å²) in [6.07, 6.45) is 3.68. The van der Waals surface area contributed by atoms with Gasteiger partial charge in [0.25, 0.3) is 5.91 Å². The number of nitrogens with zero attached hydrogens (tertiary/aromatic N) is 1.